The maximum atomic E-state index is 10.8. The standard InChI is InChI=1S/C45H27N5/c46-28-35-24-34(45-48-40-18-10-11-19-43(40)49(45)37-16-8-3-9-17-37)25-36(29-47)44(35)50-41-22-20-32(30-12-4-1-5-13-30)26-38(41)39-27-33(21-23-42(39)50)31-14-6-2-7-15-31/h1-27H. The molecule has 0 N–H and O–H groups in total. The highest BCUT2D eigenvalue weighted by Crippen LogP contribution is 2.40. The molecule has 5 nitrogen and oxygen atoms in total. The topological polar surface area (TPSA) is 70.3 Å². The molecule has 0 saturated heterocycles. The van der Waals surface area contributed by atoms with Gasteiger partial charge in [-0.2, -0.15) is 10.5 Å². The molecule has 0 saturated carbocycles. The highest BCUT2D eigenvalue weighted by atomic mass is 15.1. The van der Waals surface area contributed by atoms with Crippen LogP contribution < -0.4 is 0 Å². The number of para-hydroxylation sites is 3. The molecule has 0 fully saturated rings. The molecule has 0 aliphatic heterocycles. The van der Waals surface area contributed by atoms with Gasteiger partial charge in [-0.3, -0.25) is 4.57 Å². The Bertz CT molecular complexity index is 2680. The average Bonchev–Trinajstić information content (AvgIpc) is 3.74. The van der Waals surface area contributed by atoms with Gasteiger partial charge in [0.1, 0.15) is 18.0 Å². The number of nitrogens with zero attached hydrogens (tertiary/aromatic N) is 5. The molecule has 9 rings (SSSR count). The van der Waals surface area contributed by atoms with Crippen LogP contribution in [-0.2, 0) is 0 Å². The zero-order valence-corrected chi connectivity index (χ0v) is 26.8. The van der Waals surface area contributed by atoms with Crippen LogP contribution in [0.1, 0.15) is 11.1 Å². The Morgan fingerprint density at radius 2 is 0.920 bits per heavy atom. The van der Waals surface area contributed by atoms with Crippen LogP contribution in [0.25, 0.3) is 77.9 Å². The summed E-state index contributed by atoms with van der Waals surface area (Å²) in [5.41, 5.74) is 11.0. The quantitative estimate of drug-likeness (QED) is 0.188. The minimum Gasteiger partial charge on any atom is -0.307 e. The van der Waals surface area contributed by atoms with E-state index in [1.807, 2.05) is 103 Å². The van der Waals surface area contributed by atoms with Crippen LogP contribution in [0.2, 0.25) is 0 Å². The van der Waals surface area contributed by atoms with Gasteiger partial charge in [-0.1, -0.05) is 103 Å². The fourth-order valence-electron chi connectivity index (χ4n) is 7.12. The Morgan fingerprint density at radius 1 is 0.420 bits per heavy atom. The van der Waals surface area contributed by atoms with Crippen molar-refractivity contribution in [2.75, 3.05) is 0 Å². The van der Waals surface area contributed by atoms with E-state index in [9.17, 15) is 10.5 Å². The number of rotatable bonds is 5. The summed E-state index contributed by atoms with van der Waals surface area (Å²) >= 11 is 0. The zero-order valence-electron chi connectivity index (χ0n) is 26.8. The lowest BCUT2D eigenvalue weighted by Crippen LogP contribution is -2.04. The van der Waals surface area contributed by atoms with Crippen molar-refractivity contribution in [2.24, 2.45) is 0 Å². The first-order chi connectivity index (χ1) is 24.7. The second-order valence-electron chi connectivity index (χ2n) is 12.3. The Hall–Kier alpha value is -7.21. The predicted octanol–water partition coefficient (Wildman–Crippen LogP) is 10.9. The lowest BCUT2D eigenvalue weighted by molar-refractivity contribution is 1.10. The minimum atomic E-state index is 0.392. The van der Waals surface area contributed by atoms with Gasteiger partial charge in [0.2, 0.25) is 0 Å². The Balaban J connectivity index is 1.32. The highest BCUT2D eigenvalue weighted by Gasteiger charge is 2.23. The number of hydrogen-bond donors (Lipinski definition) is 0. The van der Waals surface area contributed by atoms with Crippen molar-refractivity contribution in [1.82, 2.24) is 14.1 Å². The Kier molecular flexibility index (Phi) is 6.83. The predicted molar refractivity (Wildman–Crippen MR) is 201 cm³/mol. The molecule has 0 atom stereocenters. The van der Waals surface area contributed by atoms with Crippen LogP contribution in [0.5, 0.6) is 0 Å². The summed E-state index contributed by atoms with van der Waals surface area (Å²) in [7, 11) is 0. The average molecular weight is 638 g/mol. The van der Waals surface area contributed by atoms with Gasteiger partial charge in [0.25, 0.3) is 0 Å². The van der Waals surface area contributed by atoms with Crippen molar-refractivity contribution in [3.63, 3.8) is 0 Å². The monoisotopic (exact) mass is 637 g/mol. The molecule has 0 unspecified atom stereocenters. The summed E-state index contributed by atoms with van der Waals surface area (Å²) in [4.78, 5) is 5.02. The third kappa shape index (κ3) is 4.65. The van der Waals surface area contributed by atoms with E-state index in [2.05, 4.69) is 81.9 Å². The molecule has 0 spiro atoms. The van der Waals surface area contributed by atoms with Gasteiger partial charge in [0, 0.05) is 22.0 Å². The maximum Gasteiger partial charge on any atom is 0.145 e. The van der Waals surface area contributed by atoms with Crippen molar-refractivity contribution in [3.8, 4) is 57.2 Å². The number of imidazole rings is 1. The summed E-state index contributed by atoms with van der Waals surface area (Å²) < 4.78 is 4.17. The molecule has 0 aliphatic carbocycles. The SMILES string of the molecule is N#Cc1cc(-c2nc3ccccc3n2-c2ccccc2)cc(C#N)c1-n1c2ccc(-c3ccccc3)cc2c2cc(-c3ccccc3)ccc21. The third-order valence-electron chi connectivity index (χ3n) is 9.39. The third-order valence-corrected chi connectivity index (χ3v) is 9.39. The molecule has 7 aromatic carbocycles. The largest absolute Gasteiger partial charge is 0.307 e. The van der Waals surface area contributed by atoms with Crippen LogP contribution in [0.15, 0.2) is 164 Å². The van der Waals surface area contributed by atoms with Crippen molar-refractivity contribution in [3.05, 3.63) is 175 Å². The Morgan fingerprint density at radius 3 is 1.46 bits per heavy atom. The lowest BCUT2D eigenvalue weighted by atomic mass is 10.0. The summed E-state index contributed by atoms with van der Waals surface area (Å²) in [5.74, 6) is 0.666. The van der Waals surface area contributed by atoms with E-state index in [1.165, 1.54) is 0 Å². The molecule has 0 radical (unpaired) electrons. The van der Waals surface area contributed by atoms with Crippen molar-refractivity contribution in [1.29, 1.82) is 10.5 Å². The van der Waals surface area contributed by atoms with E-state index < -0.39 is 0 Å². The van der Waals surface area contributed by atoms with Gasteiger partial charge in [0.05, 0.1) is 38.9 Å². The van der Waals surface area contributed by atoms with Crippen molar-refractivity contribution in [2.45, 2.75) is 0 Å². The number of fused-ring (bicyclic) bond motifs is 4. The molecular weight excluding hydrogens is 611 g/mol. The molecule has 5 heteroatoms. The molecule has 0 aliphatic rings. The molecule has 2 heterocycles. The molecular formula is C45H27N5. The Labute approximate surface area is 288 Å². The van der Waals surface area contributed by atoms with E-state index in [4.69, 9.17) is 4.98 Å². The van der Waals surface area contributed by atoms with Crippen LogP contribution in [0, 0.1) is 22.7 Å². The van der Waals surface area contributed by atoms with Crippen LogP contribution in [-0.4, -0.2) is 14.1 Å². The molecule has 9 aromatic rings. The van der Waals surface area contributed by atoms with E-state index in [-0.39, 0.29) is 0 Å². The second-order valence-corrected chi connectivity index (χ2v) is 12.3. The van der Waals surface area contributed by atoms with E-state index >= 15 is 0 Å². The fraction of sp³-hybridized carbons (Fsp3) is 0. The smallest absolute Gasteiger partial charge is 0.145 e. The van der Waals surface area contributed by atoms with Gasteiger partial charge >= 0.3 is 0 Å². The number of aromatic nitrogens is 3. The lowest BCUT2D eigenvalue weighted by Gasteiger charge is -2.15. The first-order valence-corrected chi connectivity index (χ1v) is 16.4. The van der Waals surface area contributed by atoms with Gasteiger partial charge in [-0.25, -0.2) is 4.98 Å². The van der Waals surface area contributed by atoms with Crippen LogP contribution in [0.3, 0.4) is 0 Å². The van der Waals surface area contributed by atoms with Crippen LogP contribution in [0.4, 0.5) is 0 Å². The summed E-state index contributed by atoms with van der Waals surface area (Å²) in [6, 6.07) is 60.2. The van der Waals surface area contributed by atoms with Gasteiger partial charge in [0.15, 0.2) is 0 Å². The first-order valence-electron chi connectivity index (χ1n) is 16.4. The van der Waals surface area contributed by atoms with E-state index in [0.717, 1.165) is 60.8 Å². The summed E-state index contributed by atoms with van der Waals surface area (Å²) in [5, 5.41) is 23.6. The molecule has 50 heavy (non-hydrogen) atoms. The molecule has 0 bridgehead atoms. The number of benzene rings is 7. The van der Waals surface area contributed by atoms with Gasteiger partial charge in [-0.15, -0.1) is 0 Å². The van der Waals surface area contributed by atoms with Gasteiger partial charge < -0.3 is 4.57 Å². The van der Waals surface area contributed by atoms with Crippen molar-refractivity contribution < 1.29 is 0 Å². The number of hydrogen-bond acceptors (Lipinski definition) is 3. The summed E-state index contributed by atoms with van der Waals surface area (Å²) in [6.07, 6.45) is 0. The molecule has 232 valence electrons. The number of nitriles is 2. The van der Waals surface area contributed by atoms with Gasteiger partial charge in [-0.05, 0) is 82.9 Å². The molecule has 2 aromatic heterocycles. The first kappa shape index (κ1) is 29.0. The van der Waals surface area contributed by atoms with Crippen molar-refractivity contribution >= 4 is 32.8 Å². The highest BCUT2D eigenvalue weighted by molar-refractivity contribution is 6.12. The minimum absolute atomic E-state index is 0.392. The van der Waals surface area contributed by atoms with Crippen LogP contribution >= 0.6 is 0 Å². The molecule has 0 amide bonds. The second kappa shape index (κ2) is 11.8. The summed E-state index contributed by atoms with van der Waals surface area (Å²) in [6.45, 7) is 0. The fourth-order valence-corrected chi connectivity index (χ4v) is 7.12. The van der Waals surface area contributed by atoms with E-state index in [0.29, 0.717) is 28.2 Å². The normalized spacial score (nSPS) is 11.2. The zero-order chi connectivity index (χ0) is 33.6. The maximum absolute atomic E-state index is 10.8. The van der Waals surface area contributed by atoms with E-state index in [1.54, 1.807) is 0 Å².